The Kier molecular flexibility index (Phi) is 3.48. The minimum Gasteiger partial charge on any atom is -0.452 e. The van der Waals surface area contributed by atoms with Crippen molar-refractivity contribution in [3.8, 4) is 0 Å². The van der Waals surface area contributed by atoms with Gasteiger partial charge in [0, 0.05) is 3.57 Å². The first-order valence-electron chi connectivity index (χ1n) is 4.43. The summed E-state index contributed by atoms with van der Waals surface area (Å²) >= 11 is 5.54. The molecule has 2 N–H and O–H groups in total. The summed E-state index contributed by atoms with van der Waals surface area (Å²) in [6, 6.07) is 11.6. The first kappa shape index (κ1) is 11.2. The third-order valence-corrected chi connectivity index (χ3v) is 3.55. The van der Waals surface area contributed by atoms with Crippen LogP contribution in [0.15, 0.2) is 45.5 Å². The predicted octanol–water partition coefficient (Wildman–Crippen LogP) is 3.69. The van der Waals surface area contributed by atoms with Gasteiger partial charge < -0.3 is 10.2 Å². The molecular weight excluding hydrogens is 369 g/mol. The van der Waals surface area contributed by atoms with Crippen LogP contribution < -0.4 is 5.73 Å². The Morgan fingerprint density at radius 3 is 2.53 bits per heavy atom. The highest BCUT2D eigenvalue weighted by molar-refractivity contribution is 14.1. The van der Waals surface area contributed by atoms with Gasteiger partial charge in [-0.2, -0.15) is 0 Å². The molecular formula is C11H9BrINO. The van der Waals surface area contributed by atoms with E-state index in [0.717, 1.165) is 14.9 Å². The quantitative estimate of drug-likeness (QED) is 0.810. The summed E-state index contributed by atoms with van der Waals surface area (Å²) < 4.78 is 7.30. The molecule has 0 radical (unpaired) electrons. The van der Waals surface area contributed by atoms with Gasteiger partial charge in [0.25, 0.3) is 0 Å². The van der Waals surface area contributed by atoms with Gasteiger partial charge in [-0.1, -0.05) is 18.2 Å². The molecule has 15 heavy (non-hydrogen) atoms. The molecule has 0 amide bonds. The fraction of sp³-hybridized carbons (Fsp3) is 0.0909. The average Bonchev–Trinajstić information content (AvgIpc) is 2.65. The van der Waals surface area contributed by atoms with Gasteiger partial charge in [0.1, 0.15) is 5.76 Å². The van der Waals surface area contributed by atoms with Crippen molar-refractivity contribution in [1.29, 1.82) is 0 Å². The lowest BCUT2D eigenvalue weighted by Crippen LogP contribution is -2.12. The second-order valence-electron chi connectivity index (χ2n) is 3.14. The minimum atomic E-state index is -0.204. The number of nitrogens with two attached hydrogens (primary N) is 1. The fourth-order valence-corrected chi connectivity index (χ4v) is 2.42. The molecule has 1 atom stereocenters. The Hall–Kier alpha value is -0.330. The van der Waals surface area contributed by atoms with Gasteiger partial charge in [0.2, 0.25) is 0 Å². The lowest BCUT2D eigenvalue weighted by molar-refractivity contribution is 0.470. The van der Waals surface area contributed by atoms with E-state index in [1.807, 2.05) is 36.4 Å². The molecule has 1 aromatic carbocycles. The van der Waals surface area contributed by atoms with E-state index in [-0.39, 0.29) is 6.04 Å². The van der Waals surface area contributed by atoms with Gasteiger partial charge in [-0.15, -0.1) is 0 Å². The summed E-state index contributed by atoms with van der Waals surface area (Å²) in [7, 11) is 0. The molecule has 0 aliphatic rings. The third kappa shape index (κ3) is 2.43. The zero-order valence-corrected chi connectivity index (χ0v) is 11.5. The van der Waals surface area contributed by atoms with Gasteiger partial charge in [-0.05, 0) is 62.3 Å². The van der Waals surface area contributed by atoms with Gasteiger partial charge in [-0.25, -0.2) is 0 Å². The summed E-state index contributed by atoms with van der Waals surface area (Å²) in [5, 5.41) is 0. The number of benzene rings is 1. The van der Waals surface area contributed by atoms with Crippen LogP contribution in [0.1, 0.15) is 17.4 Å². The van der Waals surface area contributed by atoms with Crippen molar-refractivity contribution in [2.24, 2.45) is 5.73 Å². The summed E-state index contributed by atoms with van der Waals surface area (Å²) in [4.78, 5) is 0. The first-order valence-corrected chi connectivity index (χ1v) is 6.31. The van der Waals surface area contributed by atoms with E-state index >= 15 is 0 Å². The van der Waals surface area contributed by atoms with Crippen LogP contribution in [0.5, 0.6) is 0 Å². The van der Waals surface area contributed by atoms with Crippen LogP contribution >= 0.6 is 38.5 Å². The van der Waals surface area contributed by atoms with Crippen molar-refractivity contribution < 1.29 is 4.42 Å². The van der Waals surface area contributed by atoms with Crippen LogP contribution in [0.3, 0.4) is 0 Å². The van der Waals surface area contributed by atoms with Crippen LogP contribution in [-0.2, 0) is 0 Å². The van der Waals surface area contributed by atoms with E-state index in [4.69, 9.17) is 10.2 Å². The summed E-state index contributed by atoms with van der Waals surface area (Å²) in [6.07, 6.45) is 0. The van der Waals surface area contributed by atoms with E-state index in [1.165, 1.54) is 0 Å². The summed E-state index contributed by atoms with van der Waals surface area (Å²) in [6.45, 7) is 0. The van der Waals surface area contributed by atoms with Gasteiger partial charge >= 0.3 is 0 Å². The Morgan fingerprint density at radius 2 is 1.93 bits per heavy atom. The molecule has 0 aliphatic carbocycles. The third-order valence-electron chi connectivity index (χ3n) is 2.14. The SMILES string of the molecule is NC(c1ccc(Br)o1)c1ccccc1I. The monoisotopic (exact) mass is 377 g/mol. The highest BCUT2D eigenvalue weighted by Gasteiger charge is 2.14. The Balaban J connectivity index is 2.36. The van der Waals surface area contributed by atoms with E-state index < -0.39 is 0 Å². The second-order valence-corrected chi connectivity index (χ2v) is 5.08. The summed E-state index contributed by atoms with van der Waals surface area (Å²) in [5.74, 6) is 0.769. The largest absolute Gasteiger partial charge is 0.452 e. The number of halogens is 2. The molecule has 2 nitrogen and oxygen atoms in total. The molecule has 0 saturated heterocycles. The molecule has 0 spiro atoms. The Labute approximate surface area is 110 Å². The number of hydrogen-bond donors (Lipinski definition) is 1. The molecule has 1 unspecified atom stereocenters. The lowest BCUT2D eigenvalue weighted by atomic mass is 10.1. The number of hydrogen-bond acceptors (Lipinski definition) is 2. The fourth-order valence-electron chi connectivity index (χ4n) is 1.38. The molecule has 1 aromatic heterocycles. The molecule has 1 heterocycles. The predicted molar refractivity (Wildman–Crippen MR) is 71.6 cm³/mol. The van der Waals surface area contributed by atoms with E-state index in [1.54, 1.807) is 0 Å². The van der Waals surface area contributed by atoms with Gasteiger partial charge in [-0.3, -0.25) is 0 Å². The van der Waals surface area contributed by atoms with Crippen LogP contribution in [0.4, 0.5) is 0 Å². The molecule has 78 valence electrons. The molecule has 0 saturated carbocycles. The smallest absolute Gasteiger partial charge is 0.169 e. The Bertz CT molecular complexity index is 469. The molecule has 2 rings (SSSR count). The van der Waals surface area contributed by atoms with Crippen LogP contribution in [0.25, 0.3) is 0 Å². The average molecular weight is 378 g/mol. The van der Waals surface area contributed by atoms with E-state index in [0.29, 0.717) is 4.67 Å². The maximum atomic E-state index is 6.11. The lowest BCUT2D eigenvalue weighted by Gasteiger charge is -2.10. The van der Waals surface area contributed by atoms with Gasteiger partial charge in [0.05, 0.1) is 6.04 Å². The van der Waals surface area contributed by atoms with E-state index in [2.05, 4.69) is 38.5 Å². The zero-order chi connectivity index (χ0) is 10.8. The maximum absolute atomic E-state index is 6.11. The van der Waals surface area contributed by atoms with Crippen molar-refractivity contribution in [3.63, 3.8) is 0 Å². The molecule has 0 bridgehead atoms. The van der Waals surface area contributed by atoms with Crippen molar-refractivity contribution in [1.82, 2.24) is 0 Å². The summed E-state index contributed by atoms with van der Waals surface area (Å²) in [5.41, 5.74) is 7.19. The molecule has 0 aliphatic heterocycles. The van der Waals surface area contributed by atoms with Crippen molar-refractivity contribution in [2.45, 2.75) is 6.04 Å². The second kappa shape index (κ2) is 4.67. The molecule has 4 heteroatoms. The first-order chi connectivity index (χ1) is 7.18. The molecule has 0 fully saturated rings. The number of rotatable bonds is 2. The normalized spacial score (nSPS) is 12.7. The maximum Gasteiger partial charge on any atom is 0.169 e. The van der Waals surface area contributed by atoms with Crippen LogP contribution in [0.2, 0.25) is 0 Å². The van der Waals surface area contributed by atoms with Crippen molar-refractivity contribution in [3.05, 3.63) is 56.0 Å². The van der Waals surface area contributed by atoms with Crippen LogP contribution in [-0.4, -0.2) is 0 Å². The number of furan rings is 1. The zero-order valence-electron chi connectivity index (χ0n) is 7.78. The van der Waals surface area contributed by atoms with Crippen LogP contribution in [0, 0.1) is 3.57 Å². The minimum absolute atomic E-state index is 0.204. The highest BCUT2D eigenvalue weighted by atomic mass is 127. The van der Waals surface area contributed by atoms with Crippen molar-refractivity contribution >= 4 is 38.5 Å². The standard InChI is InChI=1S/C11H9BrINO/c12-10-6-5-9(15-10)11(14)7-3-1-2-4-8(7)13/h1-6,11H,14H2. The van der Waals surface area contributed by atoms with Gasteiger partial charge in [0.15, 0.2) is 4.67 Å². The Morgan fingerprint density at radius 1 is 1.20 bits per heavy atom. The topological polar surface area (TPSA) is 39.2 Å². The van der Waals surface area contributed by atoms with E-state index in [9.17, 15) is 0 Å². The molecule has 2 aromatic rings. The van der Waals surface area contributed by atoms with Crippen molar-refractivity contribution in [2.75, 3.05) is 0 Å². The highest BCUT2D eigenvalue weighted by Crippen LogP contribution is 2.26.